The van der Waals surface area contributed by atoms with Crippen LogP contribution in [0.25, 0.3) is 0 Å². The number of nitrogens with one attached hydrogen (secondary N) is 2. The van der Waals surface area contributed by atoms with E-state index in [1.165, 1.54) is 54.6 Å². The van der Waals surface area contributed by atoms with E-state index in [0.29, 0.717) is 28.6 Å². The highest BCUT2D eigenvalue weighted by Crippen LogP contribution is 2.23. The zero-order chi connectivity index (χ0) is 23.3. The van der Waals surface area contributed by atoms with Crippen LogP contribution in [0.4, 0.5) is 15.8 Å². The molecule has 3 aromatic rings. The van der Waals surface area contributed by atoms with Crippen LogP contribution in [0.1, 0.15) is 18.9 Å². The fraction of sp³-hybridized carbons (Fsp3) is 0.174. The Kier molecular flexibility index (Phi) is 7.37. The van der Waals surface area contributed by atoms with Crippen molar-refractivity contribution in [3.8, 4) is 5.75 Å². The molecule has 9 heteroatoms. The van der Waals surface area contributed by atoms with E-state index in [9.17, 15) is 17.6 Å². The second kappa shape index (κ2) is 10.0. The van der Waals surface area contributed by atoms with Gasteiger partial charge in [-0.2, -0.15) is 0 Å². The van der Waals surface area contributed by atoms with Gasteiger partial charge in [-0.3, -0.25) is 9.52 Å². The molecule has 6 nitrogen and oxygen atoms in total. The molecule has 0 aliphatic heterocycles. The molecule has 3 rings (SSSR count). The van der Waals surface area contributed by atoms with Gasteiger partial charge >= 0.3 is 0 Å². The summed E-state index contributed by atoms with van der Waals surface area (Å²) in [6.07, 6.45) is -0.407. The number of carbonyl (C=O) groups excluding carboxylic acids is 1. The predicted molar refractivity (Wildman–Crippen MR) is 123 cm³/mol. The third-order valence-corrected chi connectivity index (χ3v) is 6.42. The Hall–Kier alpha value is -3.10. The number of amides is 1. The van der Waals surface area contributed by atoms with Gasteiger partial charge in [0.1, 0.15) is 11.6 Å². The molecule has 0 fully saturated rings. The van der Waals surface area contributed by atoms with Crippen molar-refractivity contribution >= 4 is 38.9 Å². The van der Waals surface area contributed by atoms with Crippen LogP contribution in [0.2, 0.25) is 5.02 Å². The summed E-state index contributed by atoms with van der Waals surface area (Å²) in [7, 11) is -3.83. The molecule has 0 aromatic heterocycles. The smallest absolute Gasteiger partial charge is 0.265 e. The van der Waals surface area contributed by atoms with Crippen molar-refractivity contribution in [2.75, 3.05) is 10.0 Å². The van der Waals surface area contributed by atoms with Crippen LogP contribution in [0, 0.1) is 12.7 Å². The maximum absolute atomic E-state index is 13.0. The van der Waals surface area contributed by atoms with E-state index in [1.807, 2.05) is 6.92 Å². The third-order valence-electron chi connectivity index (χ3n) is 4.61. The van der Waals surface area contributed by atoms with Gasteiger partial charge in [0.05, 0.1) is 10.6 Å². The van der Waals surface area contributed by atoms with Crippen molar-refractivity contribution in [2.24, 2.45) is 0 Å². The van der Waals surface area contributed by atoms with Crippen molar-refractivity contribution in [1.82, 2.24) is 0 Å². The summed E-state index contributed by atoms with van der Waals surface area (Å²) in [5, 5.41) is 3.15. The lowest BCUT2D eigenvalue weighted by Crippen LogP contribution is -2.32. The summed E-state index contributed by atoms with van der Waals surface area (Å²) < 4.78 is 46.4. The van der Waals surface area contributed by atoms with Gasteiger partial charge in [0, 0.05) is 10.7 Å². The lowest BCUT2D eigenvalue weighted by atomic mass is 10.2. The average molecular weight is 477 g/mol. The maximum atomic E-state index is 13.0. The zero-order valence-electron chi connectivity index (χ0n) is 17.4. The fourth-order valence-corrected chi connectivity index (χ4v) is 4.04. The number of rotatable bonds is 8. The van der Waals surface area contributed by atoms with Crippen LogP contribution in [0.15, 0.2) is 71.6 Å². The highest BCUT2D eigenvalue weighted by atomic mass is 35.5. The molecule has 0 spiro atoms. The van der Waals surface area contributed by atoms with Gasteiger partial charge in [-0.25, -0.2) is 12.8 Å². The van der Waals surface area contributed by atoms with Crippen LogP contribution in [0.5, 0.6) is 5.75 Å². The van der Waals surface area contributed by atoms with E-state index < -0.39 is 27.9 Å². The summed E-state index contributed by atoms with van der Waals surface area (Å²) in [5.41, 5.74) is 1.60. The van der Waals surface area contributed by atoms with Gasteiger partial charge in [-0.15, -0.1) is 0 Å². The Morgan fingerprint density at radius 3 is 2.25 bits per heavy atom. The normalized spacial score (nSPS) is 12.1. The molecule has 0 saturated carbocycles. The minimum atomic E-state index is -3.83. The topological polar surface area (TPSA) is 84.5 Å². The quantitative estimate of drug-likeness (QED) is 0.457. The van der Waals surface area contributed by atoms with E-state index in [2.05, 4.69) is 10.0 Å². The Morgan fingerprint density at radius 1 is 1.03 bits per heavy atom. The monoisotopic (exact) mass is 476 g/mol. The predicted octanol–water partition coefficient (Wildman–Crippen LogP) is 5.38. The summed E-state index contributed by atoms with van der Waals surface area (Å²) >= 11 is 6.05. The molecule has 0 saturated heterocycles. The van der Waals surface area contributed by atoms with Gasteiger partial charge in [0.2, 0.25) is 0 Å². The highest BCUT2D eigenvalue weighted by Gasteiger charge is 2.20. The van der Waals surface area contributed by atoms with Crippen molar-refractivity contribution in [3.05, 3.63) is 83.1 Å². The summed E-state index contributed by atoms with van der Waals surface area (Å²) in [6, 6.07) is 16.0. The number of hydrogen-bond acceptors (Lipinski definition) is 4. The van der Waals surface area contributed by atoms with Gasteiger partial charge in [0.15, 0.2) is 6.10 Å². The first-order valence-electron chi connectivity index (χ1n) is 9.80. The molecule has 168 valence electrons. The second-order valence-electron chi connectivity index (χ2n) is 7.05. The first kappa shape index (κ1) is 23.6. The standard InChI is InChI=1S/C23H22ClFN2O4S/c1-3-22(31-19-10-5-16(25)6-11-19)23(28)26-17-8-12-20(13-9-17)32(29,30)27-18-7-4-15(2)21(24)14-18/h4-14,22,27H,3H2,1-2H3,(H,26,28)/t22-/m1/s1. The minimum Gasteiger partial charge on any atom is -0.481 e. The molecule has 0 bridgehead atoms. The molecule has 2 N–H and O–H groups in total. The highest BCUT2D eigenvalue weighted by molar-refractivity contribution is 7.92. The fourth-order valence-electron chi connectivity index (χ4n) is 2.81. The SMILES string of the molecule is CC[C@@H](Oc1ccc(F)cc1)C(=O)Nc1ccc(S(=O)(=O)Nc2ccc(C)c(Cl)c2)cc1. The van der Waals surface area contributed by atoms with Gasteiger partial charge in [0.25, 0.3) is 15.9 Å². The van der Waals surface area contributed by atoms with E-state index in [4.69, 9.17) is 16.3 Å². The summed E-state index contributed by atoms with van der Waals surface area (Å²) in [5.74, 6) is -0.429. The maximum Gasteiger partial charge on any atom is 0.265 e. The van der Waals surface area contributed by atoms with Crippen LogP contribution in [0.3, 0.4) is 0 Å². The van der Waals surface area contributed by atoms with Gasteiger partial charge in [-0.05, 0) is 79.6 Å². The van der Waals surface area contributed by atoms with E-state index in [1.54, 1.807) is 19.1 Å². The number of sulfonamides is 1. The van der Waals surface area contributed by atoms with Gasteiger partial charge in [-0.1, -0.05) is 24.6 Å². The zero-order valence-corrected chi connectivity index (χ0v) is 19.0. The minimum absolute atomic E-state index is 0.0294. The van der Waals surface area contributed by atoms with Crippen molar-refractivity contribution in [1.29, 1.82) is 0 Å². The number of carbonyl (C=O) groups is 1. The molecule has 0 unspecified atom stereocenters. The Balaban J connectivity index is 1.66. The average Bonchev–Trinajstić information content (AvgIpc) is 2.76. The Morgan fingerprint density at radius 2 is 1.66 bits per heavy atom. The van der Waals surface area contributed by atoms with Crippen molar-refractivity contribution < 1.29 is 22.3 Å². The van der Waals surface area contributed by atoms with Crippen LogP contribution in [-0.4, -0.2) is 20.4 Å². The molecule has 0 aliphatic carbocycles. The largest absolute Gasteiger partial charge is 0.481 e. The number of benzene rings is 3. The lowest BCUT2D eigenvalue weighted by Gasteiger charge is -2.17. The van der Waals surface area contributed by atoms with Crippen LogP contribution in [-0.2, 0) is 14.8 Å². The molecule has 1 atom stereocenters. The molecule has 1 amide bonds. The summed E-state index contributed by atoms with van der Waals surface area (Å²) in [4.78, 5) is 12.6. The number of ether oxygens (including phenoxy) is 1. The van der Waals surface area contributed by atoms with E-state index >= 15 is 0 Å². The number of hydrogen-bond donors (Lipinski definition) is 2. The first-order chi connectivity index (χ1) is 15.2. The van der Waals surface area contributed by atoms with Crippen molar-refractivity contribution in [3.63, 3.8) is 0 Å². The lowest BCUT2D eigenvalue weighted by molar-refractivity contribution is -0.122. The van der Waals surface area contributed by atoms with Crippen molar-refractivity contribution in [2.45, 2.75) is 31.3 Å². The molecule has 32 heavy (non-hydrogen) atoms. The number of aryl methyl sites for hydroxylation is 1. The van der Waals surface area contributed by atoms with Gasteiger partial charge < -0.3 is 10.1 Å². The van der Waals surface area contributed by atoms with E-state index in [-0.39, 0.29) is 4.90 Å². The third kappa shape index (κ3) is 5.99. The molecule has 0 radical (unpaired) electrons. The first-order valence-corrected chi connectivity index (χ1v) is 11.7. The molecular formula is C23H22ClFN2O4S. The molecule has 0 aliphatic rings. The number of anilines is 2. The molecule has 0 heterocycles. The number of halogens is 2. The van der Waals surface area contributed by atoms with E-state index in [0.717, 1.165) is 5.56 Å². The second-order valence-corrected chi connectivity index (χ2v) is 9.14. The Labute approximate surface area is 191 Å². The summed E-state index contributed by atoms with van der Waals surface area (Å²) in [6.45, 7) is 3.61. The molecule has 3 aromatic carbocycles. The molecular weight excluding hydrogens is 455 g/mol. The van der Waals surface area contributed by atoms with Crippen LogP contribution >= 0.6 is 11.6 Å². The Bertz CT molecular complexity index is 1200. The van der Waals surface area contributed by atoms with Crippen LogP contribution < -0.4 is 14.8 Å².